The van der Waals surface area contributed by atoms with Crippen LogP contribution in [0.5, 0.6) is 0 Å². The third kappa shape index (κ3) is 1.76. The second-order valence-electron chi connectivity index (χ2n) is 4.78. The number of nitrogens with two attached hydrogens (primary N) is 1. The van der Waals surface area contributed by atoms with E-state index in [1.54, 1.807) is 4.68 Å². The van der Waals surface area contributed by atoms with Gasteiger partial charge in [-0.3, -0.25) is 4.68 Å². The topological polar surface area (TPSA) is 74.5 Å². The molecule has 0 aliphatic rings. The van der Waals surface area contributed by atoms with E-state index in [2.05, 4.69) is 33.5 Å². The average molecular weight is 256 g/mol. The van der Waals surface area contributed by atoms with Gasteiger partial charge in [0.25, 0.3) is 0 Å². The number of hydrogen-bond donors (Lipinski definition) is 1. The van der Waals surface area contributed by atoms with E-state index in [-0.39, 0.29) is 0 Å². The van der Waals surface area contributed by atoms with Crippen molar-refractivity contribution in [3.63, 3.8) is 0 Å². The van der Waals surface area contributed by atoms with Crippen molar-refractivity contribution in [1.82, 2.24) is 24.3 Å². The first-order valence-electron chi connectivity index (χ1n) is 6.11. The lowest BCUT2D eigenvalue weighted by atomic mass is 10.2. The highest BCUT2D eigenvalue weighted by atomic mass is 15.2. The van der Waals surface area contributed by atoms with Crippen molar-refractivity contribution in [1.29, 1.82) is 0 Å². The van der Waals surface area contributed by atoms with Crippen LogP contribution in [0.25, 0.3) is 11.0 Å². The van der Waals surface area contributed by atoms with E-state index in [0.717, 1.165) is 34.4 Å². The number of rotatable bonds is 2. The molecule has 0 atom stereocenters. The number of nitrogen functional groups attached to an aromatic ring is 1. The Morgan fingerprint density at radius 1 is 1.26 bits per heavy atom. The monoisotopic (exact) mass is 256 g/mol. The molecule has 0 spiro atoms. The lowest BCUT2D eigenvalue weighted by Gasteiger charge is -2.05. The van der Waals surface area contributed by atoms with E-state index in [4.69, 9.17) is 5.73 Å². The van der Waals surface area contributed by atoms with Gasteiger partial charge in [0.15, 0.2) is 0 Å². The van der Waals surface area contributed by atoms with Crippen LogP contribution < -0.4 is 5.73 Å². The number of aryl methyl sites for hydroxylation is 2. The smallest absolute Gasteiger partial charge is 0.146 e. The quantitative estimate of drug-likeness (QED) is 0.752. The molecule has 0 unspecified atom stereocenters. The number of anilines is 1. The van der Waals surface area contributed by atoms with E-state index in [9.17, 15) is 0 Å². The van der Waals surface area contributed by atoms with Gasteiger partial charge in [-0.25, -0.2) is 9.97 Å². The van der Waals surface area contributed by atoms with Crippen LogP contribution in [0.4, 0.5) is 5.82 Å². The summed E-state index contributed by atoms with van der Waals surface area (Å²) in [5.41, 5.74) is 10.3. The lowest BCUT2D eigenvalue weighted by molar-refractivity contribution is 0.761. The Bertz CT molecular complexity index is 752. The molecule has 19 heavy (non-hydrogen) atoms. The molecule has 0 aromatic carbocycles. The maximum Gasteiger partial charge on any atom is 0.146 e. The second kappa shape index (κ2) is 4.08. The first-order chi connectivity index (χ1) is 9.08. The van der Waals surface area contributed by atoms with Gasteiger partial charge < -0.3 is 10.3 Å². The first kappa shape index (κ1) is 11.7. The van der Waals surface area contributed by atoms with Crippen LogP contribution in [-0.2, 0) is 13.6 Å². The minimum atomic E-state index is 0.538. The van der Waals surface area contributed by atoms with Gasteiger partial charge in [-0.05, 0) is 19.4 Å². The van der Waals surface area contributed by atoms with Crippen molar-refractivity contribution < 1.29 is 0 Å². The summed E-state index contributed by atoms with van der Waals surface area (Å²) in [5.74, 6) is 0.538. The van der Waals surface area contributed by atoms with Crippen molar-refractivity contribution in [2.75, 3.05) is 5.73 Å². The molecule has 6 heteroatoms. The molecule has 2 N–H and O–H groups in total. The maximum atomic E-state index is 5.96. The summed E-state index contributed by atoms with van der Waals surface area (Å²) in [4.78, 5) is 8.44. The van der Waals surface area contributed by atoms with Gasteiger partial charge in [0.2, 0.25) is 0 Å². The number of aromatic nitrogens is 5. The molecule has 0 bridgehead atoms. The van der Waals surface area contributed by atoms with Gasteiger partial charge in [-0.15, -0.1) is 0 Å². The summed E-state index contributed by atoms with van der Waals surface area (Å²) < 4.78 is 3.95. The van der Waals surface area contributed by atoms with Crippen LogP contribution in [0.2, 0.25) is 0 Å². The SMILES string of the molecule is Cc1c(C)n(Cc2cnn(C)c2)c2ncnc(N)c12. The summed E-state index contributed by atoms with van der Waals surface area (Å²) in [6.45, 7) is 4.87. The highest BCUT2D eigenvalue weighted by molar-refractivity contribution is 5.90. The Kier molecular flexibility index (Phi) is 2.51. The predicted molar refractivity (Wildman–Crippen MR) is 73.7 cm³/mol. The molecule has 0 amide bonds. The van der Waals surface area contributed by atoms with Crippen LogP contribution in [0.15, 0.2) is 18.7 Å². The molecular formula is C13H16N6. The molecule has 0 saturated heterocycles. The minimum Gasteiger partial charge on any atom is -0.383 e. The van der Waals surface area contributed by atoms with Crippen LogP contribution in [0.1, 0.15) is 16.8 Å². The lowest BCUT2D eigenvalue weighted by Crippen LogP contribution is -2.02. The molecule has 0 radical (unpaired) electrons. The molecule has 3 rings (SSSR count). The summed E-state index contributed by atoms with van der Waals surface area (Å²) >= 11 is 0. The van der Waals surface area contributed by atoms with Crippen molar-refractivity contribution in [3.05, 3.63) is 35.5 Å². The summed E-state index contributed by atoms with van der Waals surface area (Å²) in [5, 5.41) is 5.14. The zero-order chi connectivity index (χ0) is 13.6. The molecule has 98 valence electrons. The van der Waals surface area contributed by atoms with Gasteiger partial charge in [0.05, 0.1) is 18.1 Å². The van der Waals surface area contributed by atoms with Crippen LogP contribution in [-0.4, -0.2) is 24.3 Å². The molecular weight excluding hydrogens is 240 g/mol. The van der Waals surface area contributed by atoms with Crippen LogP contribution in [0.3, 0.4) is 0 Å². The zero-order valence-corrected chi connectivity index (χ0v) is 11.3. The summed E-state index contributed by atoms with van der Waals surface area (Å²) in [6.07, 6.45) is 5.38. The largest absolute Gasteiger partial charge is 0.383 e. The van der Waals surface area contributed by atoms with Crippen LogP contribution in [0, 0.1) is 13.8 Å². The van der Waals surface area contributed by atoms with Gasteiger partial charge >= 0.3 is 0 Å². The Hall–Kier alpha value is -2.37. The maximum absolute atomic E-state index is 5.96. The predicted octanol–water partition coefficient (Wildman–Crippen LogP) is 1.41. The fourth-order valence-corrected chi connectivity index (χ4v) is 2.43. The summed E-state index contributed by atoms with van der Waals surface area (Å²) in [6, 6.07) is 0. The molecule has 3 heterocycles. The van der Waals surface area contributed by atoms with E-state index < -0.39 is 0 Å². The number of nitrogens with zero attached hydrogens (tertiary/aromatic N) is 5. The average Bonchev–Trinajstić information content (AvgIpc) is 2.88. The van der Waals surface area contributed by atoms with Crippen molar-refractivity contribution >= 4 is 16.9 Å². The van der Waals surface area contributed by atoms with Crippen molar-refractivity contribution in [3.8, 4) is 0 Å². The minimum absolute atomic E-state index is 0.538. The Morgan fingerprint density at radius 3 is 2.74 bits per heavy atom. The van der Waals surface area contributed by atoms with Gasteiger partial charge in [-0.2, -0.15) is 5.10 Å². The van der Waals surface area contributed by atoms with Crippen molar-refractivity contribution in [2.45, 2.75) is 20.4 Å². The Labute approximate surface area is 110 Å². The standard InChI is InChI=1S/C13H16N6/c1-8-9(2)19(6-10-4-17-18(3)5-10)13-11(8)12(14)15-7-16-13/h4-5,7H,6H2,1-3H3,(H2,14,15,16). The van der Waals surface area contributed by atoms with E-state index in [1.165, 1.54) is 6.33 Å². The number of fused-ring (bicyclic) bond motifs is 1. The highest BCUT2D eigenvalue weighted by Crippen LogP contribution is 2.27. The molecule has 6 nitrogen and oxygen atoms in total. The third-order valence-electron chi connectivity index (χ3n) is 3.53. The number of hydrogen-bond acceptors (Lipinski definition) is 4. The molecule has 0 aliphatic carbocycles. The second-order valence-corrected chi connectivity index (χ2v) is 4.78. The molecule has 0 aliphatic heterocycles. The zero-order valence-electron chi connectivity index (χ0n) is 11.3. The van der Waals surface area contributed by atoms with Gasteiger partial charge in [0.1, 0.15) is 17.8 Å². The highest BCUT2D eigenvalue weighted by Gasteiger charge is 2.15. The normalized spacial score (nSPS) is 11.3. The first-order valence-corrected chi connectivity index (χ1v) is 6.11. The van der Waals surface area contributed by atoms with Crippen molar-refractivity contribution in [2.24, 2.45) is 7.05 Å². The molecule has 3 aromatic rings. The van der Waals surface area contributed by atoms with E-state index in [1.807, 2.05) is 19.4 Å². The molecule has 3 aromatic heterocycles. The fraction of sp³-hybridized carbons (Fsp3) is 0.308. The third-order valence-corrected chi connectivity index (χ3v) is 3.53. The van der Waals surface area contributed by atoms with E-state index in [0.29, 0.717) is 5.82 Å². The molecule has 0 fully saturated rings. The van der Waals surface area contributed by atoms with E-state index >= 15 is 0 Å². The van der Waals surface area contributed by atoms with Crippen LogP contribution >= 0.6 is 0 Å². The Morgan fingerprint density at radius 2 is 2.05 bits per heavy atom. The van der Waals surface area contributed by atoms with Gasteiger partial charge in [-0.1, -0.05) is 0 Å². The summed E-state index contributed by atoms with van der Waals surface area (Å²) in [7, 11) is 1.91. The van der Waals surface area contributed by atoms with Gasteiger partial charge in [0, 0.05) is 24.5 Å². The fourth-order valence-electron chi connectivity index (χ4n) is 2.43. The molecule has 0 saturated carbocycles. The Balaban J connectivity index is 2.18.